The van der Waals surface area contributed by atoms with Gasteiger partial charge in [-0.3, -0.25) is 20.4 Å². The zero-order chi connectivity index (χ0) is 20.1. The molecule has 2 amide bonds. The van der Waals surface area contributed by atoms with Crippen LogP contribution in [0.5, 0.6) is 11.5 Å². The van der Waals surface area contributed by atoms with Crippen LogP contribution >= 0.6 is 11.6 Å². The van der Waals surface area contributed by atoms with Gasteiger partial charge in [0.15, 0.2) is 18.1 Å². The third kappa shape index (κ3) is 4.49. The Morgan fingerprint density at radius 1 is 1.11 bits per heavy atom. The van der Waals surface area contributed by atoms with Crippen molar-refractivity contribution in [1.29, 1.82) is 0 Å². The molecule has 0 bridgehead atoms. The molecule has 0 fully saturated rings. The maximum atomic E-state index is 13.6. The molecule has 8 nitrogen and oxygen atoms in total. The number of para-hydroxylation sites is 2. The third-order valence-electron chi connectivity index (χ3n) is 3.63. The number of nitrogens with one attached hydrogen (secondary N) is 2. The number of amides is 2. The van der Waals surface area contributed by atoms with Crippen molar-refractivity contribution < 1.29 is 33.0 Å². The van der Waals surface area contributed by atoms with Crippen LogP contribution in [0.25, 0.3) is 0 Å². The number of benzene rings is 2. The Labute approximate surface area is 163 Å². The first kappa shape index (κ1) is 19.4. The predicted octanol–water partition coefficient (Wildman–Crippen LogP) is 1.62. The highest BCUT2D eigenvalue weighted by molar-refractivity contribution is 6.33. The average Bonchev–Trinajstić information content (AvgIpc) is 2.70. The van der Waals surface area contributed by atoms with Crippen LogP contribution in [-0.4, -0.2) is 37.1 Å². The van der Waals surface area contributed by atoms with Gasteiger partial charge in [-0.2, -0.15) is 0 Å². The summed E-state index contributed by atoms with van der Waals surface area (Å²) in [5, 5.41) is -0.145. The monoisotopic (exact) mass is 408 g/mol. The van der Waals surface area contributed by atoms with Gasteiger partial charge in [-0.1, -0.05) is 29.8 Å². The van der Waals surface area contributed by atoms with Crippen LogP contribution in [0, 0.1) is 5.82 Å². The van der Waals surface area contributed by atoms with Crippen molar-refractivity contribution in [3.05, 3.63) is 58.9 Å². The molecule has 0 radical (unpaired) electrons. The van der Waals surface area contributed by atoms with Crippen molar-refractivity contribution in [2.24, 2.45) is 0 Å². The van der Waals surface area contributed by atoms with E-state index in [1.54, 1.807) is 24.3 Å². The average molecular weight is 409 g/mol. The minimum Gasteiger partial charge on any atom is -0.485 e. The van der Waals surface area contributed by atoms with E-state index in [2.05, 4.69) is 10.9 Å². The van der Waals surface area contributed by atoms with Crippen LogP contribution in [0.4, 0.5) is 4.39 Å². The zero-order valence-corrected chi connectivity index (χ0v) is 15.0. The summed E-state index contributed by atoms with van der Waals surface area (Å²) >= 11 is 5.74. The molecule has 1 aliphatic heterocycles. The van der Waals surface area contributed by atoms with Crippen LogP contribution in [0.2, 0.25) is 5.02 Å². The minimum atomic E-state index is -1.11. The fourth-order valence-electron chi connectivity index (χ4n) is 2.29. The highest BCUT2D eigenvalue weighted by Crippen LogP contribution is 2.30. The van der Waals surface area contributed by atoms with Crippen LogP contribution < -0.4 is 20.3 Å². The molecule has 2 N–H and O–H groups in total. The molecule has 0 saturated heterocycles. The smallest absolute Gasteiger partial charge is 0.343 e. The van der Waals surface area contributed by atoms with Crippen LogP contribution in [0.1, 0.15) is 10.4 Å². The number of esters is 1. The fraction of sp³-hybridized carbons (Fsp3) is 0.167. The lowest BCUT2D eigenvalue weighted by Gasteiger charge is -2.25. The highest BCUT2D eigenvalue weighted by Gasteiger charge is 2.27. The lowest BCUT2D eigenvalue weighted by molar-refractivity contribution is -0.135. The summed E-state index contributed by atoms with van der Waals surface area (Å²) in [7, 11) is 0. The minimum absolute atomic E-state index is 0.0422. The quantitative estimate of drug-likeness (QED) is 0.588. The maximum absolute atomic E-state index is 13.6. The van der Waals surface area contributed by atoms with E-state index >= 15 is 0 Å². The first-order chi connectivity index (χ1) is 13.5. The molecule has 1 atom stereocenters. The second-order valence-corrected chi connectivity index (χ2v) is 5.98. The van der Waals surface area contributed by atoms with Crippen LogP contribution in [0.15, 0.2) is 42.5 Å². The first-order valence-corrected chi connectivity index (χ1v) is 8.42. The molecule has 0 spiro atoms. The number of rotatable bonds is 4. The number of hydrazine groups is 1. The number of hydrogen-bond acceptors (Lipinski definition) is 6. The Kier molecular flexibility index (Phi) is 5.95. The molecule has 0 unspecified atom stereocenters. The molecule has 0 aromatic heterocycles. The fourth-order valence-corrected chi connectivity index (χ4v) is 2.53. The third-order valence-corrected chi connectivity index (χ3v) is 3.94. The topological polar surface area (TPSA) is 103 Å². The van der Waals surface area contributed by atoms with Crippen molar-refractivity contribution in [3.8, 4) is 11.5 Å². The summed E-state index contributed by atoms with van der Waals surface area (Å²) in [6.07, 6.45) is -0.977. The molecular formula is C18H14ClFN2O6. The normalized spacial score (nSPS) is 14.7. The number of carbonyl (C=O) groups excluding carboxylic acids is 3. The van der Waals surface area contributed by atoms with Gasteiger partial charge in [0, 0.05) is 0 Å². The lowest BCUT2D eigenvalue weighted by Crippen LogP contribution is -2.51. The van der Waals surface area contributed by atoms with Gasteiger partial charge in [0.25, 0.3) is 11.8 Å². The van der Waals surface area contributed by atoms with Gasteiger partial charge >= 0.3 is 5.97 Å². The zero-order valence-electron chi connectivity index (χ0n) is 14.2. The van der Waals surface area contributed by atoms with Gasteiger partial charge in [-0.05, 0) is 24.3 Å². The highest BCUT2D eigenvalue weighted by atomic mass is 35.5. The molecule has 28 heavy (non-hydrogen) atoms. The van der Waals surface area contributed by atoms with Crippen LogP contribution in [0.3, 0.4) is 0 Å². The van der Waals surface area contributed by atoms with Crippen molar-refractivity contribution in [3.63, 3.8) is 0 Å². The molecule has 10 heteroatoms. The number of ether oxygens (including phenoxy) is 3. The number of carbonyl (C=O) groups is 3. The maximum Gasteiger partial charge on any atom is 0.343 e. The molecule has 0 saturated carbocycles. The van der Waals surface area contributed by atoms with Crippen molar-refractivity contribution in [1.82, 2.24) is 10.9 Å². The molecule has 1 heterocycles. The Morgan fingerprint density at radius 3 is 2.61 bits per heavy atom. The number of fused-ring (bicyclic) bond motifs is 1. The second-order valence-electron chi connectivity index (χ2n) is 5.57. The molecular weight excluding hydrogens is 395 g/mol. The second kappa shape index (κ2) is 8.57. The molecule has 2 aromatic rings. The number of hydrogen-bond donors (Lipinski definition) is 2. The lowest BCUT2D eigenvalue weighted by atomic mass is 10.2. The summed E-state index contributed by atoms with van der Waals surface area (Å²) < 4.78 is 29.2. The molecule has 0 aliphatic carbocycles. The van der Waals surface area contributed by atoms with E-state index in [-0.39, 0.29) is 11.6 Å². The van der Waals surface area contributed by atoms with Gasteiger partial charge in [-0.15, -0.1) is 0 Å². The molecule has 3 rings (SSSR count). The van der Waals surface area contributed by atoms with Crippen molar-refractivity contribution >= 4 is 29.4 Å². The Morgan fingerprint density at radius 2 is 1.86 bits per heavy atom. The summed E-state index contributed by atoms with van der Waals surface area (Å²) in [5.41, 5.74) is 3.72. The summed E-state index contributed by atoms with van der Waals surface area (Å²) in [4.78, 5) is 35.6. The van der Waals surface area contributed by atoms with Crippen molar-refractivity contribution in [2.75, 3.05) is 13.2 Å². The Hall–Kier alpha value is -3.33. The van der Waals surface area contributed by atoms with Crippen molar-refractivity contribution in [2.45, 2.75) is 6.10 Å². The first-order valence-electron chi connectivity index (χ1n) is 8.04. The van der Waals surface area contributed by atoms with E-state index in [1.165, 1.54) is 12.1 Å². The van der Waals surface area contributed by atoms with E-state index < -0.39 is 41.9 Å². The van der Waals surface area contributed by atoms with E-state index in [9.17, 15) is 18.8 Å². The Bertz CT molecular complexity index is 902. The van der Waals surface area contributed by atoms with E-state index in [0.717, 1.165) is 6.07 Å². The van der Waals surface area contributed by atoms with E-state index in [1.807, 2.05) is 0 Å². The van der Waals surface area contributed by atoms with E-state index in [0.29, 0.717) is 11.5 Å². The number of halogens is 2. The van der Waals surface area contributed by atoms with E-state index in [4.69, 9.17) is 25.8 Å². The van der Waals surface area contributed by atoms with Gasteiger partial charge in [-0.25, -0.2) is 9.18 Å². The predicted molar refractivity (Wildman–Crippen MR) is 94.3 cm³/mol. The van der Waals surface area contributed by atoms with Gasteiger partial charge in [0.05, 0.1) is 5.02 Å². The summed E-state index contributed by atoms with van der Waals surface area (Å²) in [6, 6.07) is 10.5. The molecule has 146 valence electrons. The van der Waals surface area contributed by atoms with Gasteiger partial charge in [0.1, 0.15) is 18.0 Å². The SMILES string of the molecule is O=C(COC(=O)c1c(F)cccc1Cl)NNC(=O)[C@H]1COc2ccccc2O1. The summed E-state index contributed by atoms with van der Waals surface area (Å²) in [6.45, 7) is -0.798. The van der Waals surface area contributed by atoms with Gasteiger partial charge in [0.2, 0.25) is 6.10 Å². The molecule has 1 aliphatic rings. The van der Waals surface area contributed by atoms with Gasteiger partial charge < -0.3 is 14.2 Å². The Balaban J connectivity index is 1.46. The standard InChI is InChI=1S/C18H14ClFN2O6/c19-10-4-3-5-11(20)16(10)18(25)27-9-15(23)21-22-17(24)14-8-26-12-6-1-2-7-13(12)28-14/h1-7,14H,8-9H2,(H,21,23)(H,22,24)/t14-/m1/s1. The van der Waals surface area contributed by atoms with Crippen LogP contribution in [-0.2, 0) is 14.3 Å². The summed E-state index contributed by atoms with van der Waals surface area (Å²) in [5.74, 6) is -2.58. The largest absolute Gasteiger partial charge is 0.485 e. The molecule has 2 aromatic carbocycles.